The van der Waals surface area contributed by atoms with Gasteiger partial charge in [-0.05, 0) is 13.0 Å². The van der Waals surface area contributed by atoms with Crippen molar-refractivity contribution in [2.24, 2.45) is 5.73 Å². The Morgan fingerprint density at radius 3 is 2.67 bits per heavy atom. The first-order valence-corrected chi connectivity index (χ1v) is 4.28. The Morgan fingerprint density at radius 1 is 1.40 bits per heavy atom. The molecule has 0 aliphatic carbocycles. The van der Waals surface area contributed by atoms with E-state index in [4.69, 9.17) is 5.73 Å². The van der Waals surface area contributed by atoms with Crippen LogP contribution in [-0.2, 0) is 0 Å². The van der Waals surface area contributed by atoms with Gasteiger partial charge in [0, 0.05) is 17.1 Å². The number of carbonyl (C=O) groups is 1. The van der Waals surface area contributed by atoms with Gasteiger partial charge in [-0.25, -0.2) is 8.78 Å². The molecule has 0 spiro atoms. The third kappa shape index (κ3) is 1.36. The number of aryl methyl sites for hydroxylation is 1. The molecule has 15 heavy (non-hydrogen) atoms. The predicted molar refractivity (Wildman–Crippen MR) is 51.5 cm³/mol. The second kappa shape index (κ2) is 3.05. The topological polar surface area (TPSA) is 58.9 Å². The first-order chi connectivity index (χ1) is 7.00. The highest BCUT2D eigenvalue weighted by Crippen LogP contribution is 2.24. The van der Waals surface area contributed by atoms with Gasteiger partial charge >= 0.3 is 0 Å². The van der Waals surface area contributed by atoms with Crippen LogP contribution in [0.1, 0.15) is 16.1 Å². The number of nitrogens with two attached hydrogens (primary N) is 1. The number of nitrogens with one attached hydrogen (secondary N) is 1. The molecule has 0 atom stereocenters. The van der Waals surface area contributed by atoms with Crippen LogP contribution in [0.2, 0.25) is 0 Å². The number of hydrogen-bond donors (Lipinski definition) is 2. The van der Waals surface area contributed by atoms with Crippen LogP contribution in [0, 0.1) is 18.6 Å². The standard InChI is InChI=1S/C10H8F2N2O/c1-4-8(10(13)15)6-2-5(11)3-7(12)9(6)14-4/h2-3,14H,1H3,(H2,13,15). The second-order valence-electron chi connectivity index (χ2n) is 3.30. The van der Waals surface area contributed by atoms with E-state index in [1.165, 1.54) is 0 Å². The van der Waals surface area contributed by atoms with Crippen molar-refractivity contribution >= 4 is 16.8 Å². The molecule has 1 aromatic carbocycles. The molecule has 3 N–H and O–H groups in total. The van der Waals surface area contributed by atoms with Crippen LogP contribution in [0.5, 0.6) is 0 Å². The predicted octanol–water partition coefficient (Wildman–Crippen LogP) is 1.85. The fraction of sp³-hybridized carbons (Fsp3) is 0.100. The number of primary amides is 1. The monoisotopic (exact) mass is 210 g/mol. The van der Waals surface area contributed by atoms with Crippen molar-refractivity contribution in [3.8, 4) is 0 Å². The molecule has 0 aliphatic rings. The Labute approximate surface area is 83.9 Å². The Balaban J connectivity index is 2.93. The number of rotatable bonds is 1. The van der Waals surface area contributed by atoms with Crippen molar-refractivity contribution < 1.29 is 13.6 Å². The highest BCUT2D eigenvalue weighted by Gasteiger charge is 2.16. The van der Waals surface area contributed by atoms with E-state index in [1.807, 2.05) is 0 Å². The van der Waals surface area contributed by atoms with Gasteiger partial charge in [-0.1, -0.05) is 0 Å². The molecule has 5 heteroatoms. The number of hydrogen-bond acceptors (Lipinski definition) is 1. The summed E-state index contributed by atoms with van der Waals surface area (Å²) in [6.07, 6.45) is 0. The number of halogens is 2. The lowest BCUT2D eigenvalue weighted by Crippen LogP contribution is -2.11. The van der Waals surface area contributed by atoms with Crippen LogP contribution in [-0.4, -0.2) is 10.9 Å². The Kier molecular flexibility index (Phi) is 1.96. The number of aromatic amines is 1. The normalized spacial score (nSPS) is 10.9. The first kappa shape index (κ1) is 9.64. The van der Waals surface area contributed by atoms with Gasteiger partial charge in [0.05, 0.1) is 11.1 Å². The van der Waals surface area contributed by atoms with Gasteiger partial charge in [-0.3, -0.25) is 4.79 Å². The molecule has 1 heterocycles. The van der Waals surface area contributed by atoms with E-state index in [1.54, 1.807) is 6.92 Å². The number of amides is 1. The number of fused-ring (bicyclic) bond motifs is 1. The van der Waals surface area contributed by atoms with Gasteiger partial charge in [0.15, 0.2) is 0 Å². The van der Waals surface area contributed by atoms with E-state index >= 15 is 0 Å². The lowest BCUT2D eigenvalue weighted by molar-refractivity contribution is 0.100. The first-order valence-electron chi connectivity index (χ1n) is 4.28. The van der Waals surface area contributed by atoms with Crippen molar-refractivity contribution in [1.29, 1.82) is 0 Å². The third-order valence-electron chi connectivity index (χ3n) is 2.26. The van der Waals surface area contributed by atoms with Gasteiger partial charge in [0.25, 0.3) is 5.91 Å². The molecule has 1 aromatic heterocycles. The largest absolute Gasteiger partial charge is 0.366 e. The maximum atomic E-state index is 13.3. The van der Waals surface area contributed by atoms with Crippen molar-refractivity contribution in [1.82, 2.24) is 4.98 Å². The van der Waals surface area contributed by atoms with Crippen molar-refractivity contribution in [2.75, 3.05) is 0 Å². The molecule has 0 aliphatic heterocycles. The summed E-state index contributed by atoms with van der Waals surface area (Å²) in [5, 5.41) is 0.178. The van der Waals surface area contributed by atoms with Gasteiger partial charge in [-0.15, -0.1) is 0 Å². The smallest absolute Gasteiger partial charge is 0.251 e. The van der Waals surface area contributed by atoms with Crippen molar-refractivity contribution in [3.63, 3.8) is 0 Å². The zero-order valence-electron chi connectivity index (χ0n) is 7.90. The fourth-order valence-corrected chi connectivity index (χ4v) is 1.67. The lowest BCUT2D eigenvalue weighted by Gasteiger charge is -1.95. The highest BCUT2D eigenvalue weighted by molar-refractivity contribution is 6.07. The van der Waals surface area contributed by atoms with Gasteiger partial charge in [-0.2, -0.15) is 0 Å². The Bertz CT molecular complexity index is 560. The third-order valence-corrected chi connectivity index (χ3v) is 2.26. The molecule has 0 radical (unpaired) electrons. The quantitative estimate of drug-likeness (QED) is 0.741. The van der Waals surface area contributed by atoms with Gasteiger partial charge < -0.3 is 10.7 Å². The van der Waals surface area contributed by atoms with Crippen molar-refractivity contribution in [2.45, 2.75) is 6.92 Å². The fourth-order valence-electron chi connectivity index (χ4n) is 1.67. The summed E-state index contributed by atoms with van der Waals surface area (Å²) in [4.78, 5) is 13.7. The van der Waals surface area contributed by atoms with Gasteiger partial charge in [0.1, 0.15) is 11.6 Å². The van der Waals surface area contributed by atoms with E-state index in [-0.39, 0.29) is 16.5 Å². The van der Waals surface area contributed by atoms with Crippen LogP contribution in [0.25, 0.3) is 10.9 Å². The molecular weight excluding hydrogens is 202 g/mol. The Hall–Kier alpha value is -1.91. The molecule has 0 saturated carbocycles. The second-order valence-corrected chi connectivity index (χ2v) is 3.30. The van der Waals surface area contributed by atoms with Crippen LogP contribution >= 0.6 is 0 Å². The molecule has 0 unspecified atom stereocenters. The summed E-state index contributed by atoms with van der Waals surface area (Å²) in [6, 6.07) is 1.84. The molecule has 78 valence electrons. The molecule has 3 nitrogen and oxygen atoms in total. The summed E-state index contributed by atoms with van der Waals surface area (Å²) < 4.78 is 26.2. The van der Waals surface area contributed by atoms with E-state index in [2.05, 4.69) is 4.98 Å². The number of benzene rings is 1. The van der Waals surface area contributed by atoms with E-state index in [0.29, 0.717) is 5.69 Å². The van der Waals surface area contributed by atoms with Crippen LogP contribution < -0.4 is 5.73 Å². The molecule has 0 bridgehead atoms. The average Bonchev–Trinajstić information content (AvgIpc) is 2.41. The molecule has 0 saturated heterocycles. The number of H-pyrrole nitrogens is 1. The SMILES string of the molecule is Cc1[nH]c2c(F)cc(F)cc2c1C(N)=O. The molecule has 1 amide bonds. The Morgan fingerprint density at radius 2 is 2.07 bits per heavy atom. The summed E-state index contributed by atoms with van der Waals surface area (Å²) in [6.45, 7) is 1.58. The van der Waals surface area contributed by atoms with Gasteiger partial charge in [0.2, 0.25) is 0 Å². The van der Waals surface area contributed by atoms with E-state index in [0.717, 1.165) is 12.1 Å². The van der Waals surface area contributed by atoms with Crippen molar-refractivity contribution in [3.05, 3.63) is 35.0 Å². The minimum Gasteiger partial charge on any atom is -0.366 e. The van der Waals surface area contributed by atoms with Crippen LogP contribution in [0.3, 0.4) is 0 Å². The molecule has 0 fully saturated rings. The van der Waals surface area contributed by atoms with E-state index in [9.17, 15) is 13.6 Å². The summed E-state index contributed by atoms with van der Waals surface area (Å²) >= 11 is 0. The minimum absolute atomic E-state index is 0.0997. The summed E-state index contributed by atoms with van der Waals surface area (Å²) in [5.74, 6) is -2.18. The number of carbonyl (C=O) groups excluding carboxylic acids is 1. The maximum absolute atomic E-state index is 13.3. The lowest BCUT2D eigenvalue weighted by atomic mass is 10.1. The zero-order valence-corrected chi connectivity index (χ0v) is 7.90. The molecule has 2 rings (SSSR count). The van der Waals surface area contributed by atoms with Crippen LogP contribution in [0.4, 0.5) is 8.78 Å². The molecule has 2 aromatic rings. The maximum Gasteiger partial charge on any atom is 0.251 e. The minimum atomic E-state index is -0.736. The van der Waals surface area contributed by atoms with Crippen LogP contribution in [0.15, 0.2) is 12.1 Å². The zero-order chi connectivity index (χ0) is 11.2. The highest BCUT2D eigenvalue weighted by atomic mass is 19.1. The van der Waals surface area contributed by atoms with E-state index < -0.39 is 17.5 Å². The summed E-state index contributed by atoms with van der Waals surface area (Å²) in [7, 11) is 0. The molecular formula is C10H8F2N2O. The summed E-state index contributed by atoms with van der Waals surface area (Å²) in [5.41, 5.74) is 5.78. The average molecular weight is 210 g/mol. The number of aromatic nitrogens is 1.